The third-order valence-electron chi connectivity index (χ3n) is 3.83. The maximum Gasteiger partial charge on any atom is 0.160 e. The highest BCUT2D eigenvalue weighted by Gasteiger charge is 2.38. The molecule has 2 unspecified atom stereocenters. The molecule has 0 bridgehead atoms. The van der Waals surface area contributed by atoms with Crippen LogP contribution >= 0.6 is 0 Å². The summed E-state index contributed by atoms with van der Waals surface area (Å²) >= 11 is 0. The highest BCUT2D eigenvalue weighted by atomic mass is 19.1. The maximum atomic E-state index is 15.1. The fourth-order valence-electron chi connectivity index (χ4n) is 2.39. The third-order valence-corrected chi connectivity index (χ3v) is 3.83. The van der Waals surface area contributed by atoms with Gasteiger partial charge in [0, 0.05) is 13.1 Å². The summed E-state index contributed by atoms with van der Waals surface area (Å²) in [4.78, 5) is 0. The van der Waals surface area contributed by atoms with E-state index in [9.17, 15) is 0 Å². The molecule has 0 spiro atoms. The molecular weight excluding hydrogens is 241 g/mol. The molecule has 1 aliphatic rings. The molecule has 19 heavy (non-hydrogen) atoms. The number of benzene rings is 1. The molecule has 0 saturated carbocycles. The van der Waals surface area contributed by atoms with Gasteiger partial charge in [-0.1, -0.05) is 45.0 Å². The fourth-order valence-corrected chi connectivity index (χ4v) is 2.39. The maximum absolute atomic E-state index is 15.1. The number of hydrogen-bond donors (Lipinski definition) is 1. The molecule has 1 heterocycles. The molecule has 1 fully saturated rings. The van der Waals surface area contributed by atoms with Crippen molar-refractivity contribution in [1.82, 2.24) is 5.32 Å². The van der Waals surface area contributed by atoms with Crippen molar-refractivity contribution >= 4 is 0 Å². The quantitative estimate of drug-likeness (QED) is 0.887. The van der Waals surface area contributed by atoms with Gasteiger partial charge in [0.15, 0.2) is 5.67 Å². The van der Waals surface area contributed by atoms with E-state index in [2.05, 4.69) is 32.2 Å². The topological polar surface area (TPSA) is 21.3 Å². The van der Waals surface area contributed by atoms with Crippen molar-refractivity contribution in [2.24, 2.45) is 0 Å². The van der Waals surface area contributed by atoms with Gasteiger partial charge in [-0.05, 0) is 23.5 Å². The van der Waals surface area contributed by atoms with Crippen LogP contribution in [0.15, 0.2) is 24.3 Å². The molecule has 0 aromatic heterocycles. The van der Waals surface area contributed by atoms with Crippen LogP contribution in [-0.2, 0) is 15.8 Å². The molecule has 1 aromatic rings. The zero-order chi connectivity index (χ0) is 14.1. The summed E-state index contributed by atoms with van der Waals surface area (Å²) in [5.74, 6) is 0. The minimum Gasteiger partial charge on any atom is -0.372 e. The Morgan fingerprint density at radius 2 is 1.89 bits per heavy atom. The molecule has 3 heteroatoms. The summed E-state index contributed by atoms with van der Waals surface area (Å²) in [5.41, 5.74) is 0.415. The van der Waals surface area contributed by atoms with E-state index in [0.29, 0.717) is 18.7 Å². The van der Waals surface area contributed by atoms with E-state index in [0.717, 1.165) is 12.1 Å². The molecule has 0 aliphatic carbocycles. The van der Waals surface area contributed by atoms with E-state index < -0.39 is 11.8 Å². The Kier molecular flexibility index (Phi) is 3.98. The third kappa shape index (κ3) is 3.15. The first-order valence-corrected chi connectivity index (χ1v) is 6.94. The van der Waals surface area contributed by atoms with Crippen LogP contribution in [0.3, 0.4) is 0 Å². The highest BCUT2D eigenvalue weighted by molar-refractivity contribution is 5.32. The van der Waals surface area contributed by atoms with E-state index in [4.69, 9.17) is 4.74 Å². The van der Waals surface area contributed by atoms with Crippen LogP contribution in [0.1, 0.15) is 38.8 Å². The number of ether oxygens (including phenoxy) is 1. The van der Waals surface area contributed by atoms with Crippen molar-refractivity contribution in [3.8, 4) is 0 Å². The molecule has 0 radical (unpaired) electrons. The Balaban J connectivity index is 2.29. The second-order valence-electron chi connectivity index (χ2n) is 6.47. The van der Waals surface area contributed by atoms with E-state index in [1.165, 1.54) is 0 Å². The molecule has 2 nitrogen and oxygen atoms in total. The first-order chi connectivity index (χ1) is 8.82. The summed E-state index contributed by atoms with van der Waals surface area (Å²) in [6.45, 7) is 9.97. The predicted octanol–water partition coefficient (Wildman–Crippen LogP) is 3.16. The molecule has 1 N–H and O–H groups in total. The van der Waals surface area contributed by atoms with Gasteiger partial charge in [0.05, 0.1) is 6.61 Å². The molecule has 2 rings (SSSR count). The number of nitrogens with one attached hydrogen (secondary N) is 1. The van der Waals surface area contributed by atoms with Gasteiger partial charge < -0.3 is 10.1 Å². The average Bonchev–Trinajstić information content (AvgIpc) is 2.39. The van der Waals surface area contributed by atoms with Gasteiger partial charge in [-0.2, -0.15) is 0 Å². The monoisotopic (exact) mass is 265 g/mol. The van der Waals surface area contributed by atoms with E-state index in [1.807, 2.05) is 18.2 Å². The molecule has 106 valence electrons. The summed E-state index contributed by atoms with van der Waals surface area (Å²) in [6.07, 6.45) is -0.420. The van der Waals surface area contributed by atoms with E-state index in [-0.39, 0.29) is 5.41 Å². The Bertz CT molecular complexity index is 431. The number of alkyl halides is 1. The zero-order valence-electron chi connectivity index (χ0n) is 12.3. The van der Waals surface area contributed by atoms with E-state index >= 15 is 4.39 Å². The lowest BCUT2D eigenvalue weighted by Crippen LogP contribution is -2.48. The molecule has 1 saturated heterocycles. The predicted molar refractivity (Wildman–Crippen MR) is 76.2 cm³/mol. The summed E-state index contributed by atoms with van der Waals surface area (Å²) in [6, 6.07) is 7.81. The van der Waals surface area contributed by atoms with Crippen molar-refractivity contribution in [1.29, 1.82) is 0 Å². The number of hydrogen-bond acceptors (Lipinski definition) is 2. The van der Waals surface area contributed by atoms with Gasteiger partial charge in [-0.15, -0.1) is 0 Å². The lowest BCUT2D eigenvalue weighted by Gasteiger charge is -2.34. The molecular formula is C16H24FNO. The summed E-state index contributed by atoms with van der Waals surface area (Å²) in [5, 5.41) is 3.19. The van der Waals surface area contributed by atoms with Crippen LogP contribution in [0, 0.1) is 0 Å². The summed E-state index contributed by atoms with van der Waals surface area (Å²) in [7, 11) is 0. The van der Waals surface area contributed by atoms with Crippen LogP contribution in [0.2, 0.25) is 0 Å². The van der Waals surface area contributed by atoms with E-state index in [1.54, 1.807) is 6.92 Å². The highest BCUT2D eigenvalue weighted by Crippen LogP contribution is 2.34. The Morgan fingerprint density at radius 3 is 2.47 bits per heavy atom. The number of rotatable bonds is 2. The van der Waals surface area contributed by atoms with Crippen molar-refractivity contribution < 1.29 is 9.13 Å². The normalized spacial score (nSPS) is 23.9. The first-order valence-electron chi connectivity index (χ1n) is 6.94. The van der Waals surface area contributed by atoms with Gasteiger partial charge >= 0.3 is 0 Å². The molecule has 0 amide bonds. The second-order valence-corrected chi connectivity index (χ2v) is 6.47. The number of halogens is 1. The second kappa shape index (κ2) is 5.22. The fraction of sp³-hybridized carbons (Fsp3) is 0.625. The number of morpholine rings is 1. The summed E-state index contributed by atoms with van der Waals surface area (Å²) < 4.78 is 20.7. The van der Waals surface area contributed by atoms with Crippen molar-refractivity contribution in [2.45, 2.75) is 44.9 Å². The lowest BCUT2D eigenvalue weighted by atomic mass is 9.83. The molecule has 2 atom stereocenters. The van der Waals surface area contributed by atoms with Gasteiger partial charge in [0.2, 0.25) is 0 Å². The van der Waals surface area contributed by atoms with Crippen molar-refractivity contribution in [3.63, 3.8) is 0 Å². The molecule has 1 aliphatic heterocycles. The minimum absolute atomic E-state index is 0.0256. The van der Waals surface area contributed by atoms with Gasteiger partial charge in [0.1, 0.15) is 6.10 Å². The Labute approximate surface area is 115 Å². The van der Waals surface area contributed by atoms with Gasteiger partial charge in [-0.3, -0.25) is 0 Å². The average molecular weight is 265 g/mol. The van der Waals surface area contributed by atoms with Crippen LogP contribution < -0.4 is 5.32 Å². The minimum atomic E-state index is -1.46. The SMILES string of the molecule is CC(C)(C)c1cccc(C(C)(F)C2CNCCO2)c1. The van der Waals surface area contributed by atoms with Crippen LogP contribution in [0.5, 0.6) is 0 Å². The smallest absolute Gasteiger partial charge is 0.160 e. The zero-order valence-corrected chi connectivity index (χ0v) is 12.3. The van der Waals surface area contributed by atoms with Crippen LogP contribution in [-0.4, -0.2) is 25.8 Å². The Hall–Kier alpha value is -0.930. The van der Waals surface area contributed by atoms with Gasteiger partial charge in [-0.25, -0.2) is 4.39 Å². The van der Waals surface area contributed by atoms with Gasteiger partial charge in [0.25, 0.3) is 0 Å². The first kappa shape index (κ1) is 14.5. The molecule has 1 aromatic carbocycles. The Morgan fingerprint density at radius 1 is 1.21 bits per heavy atom. The largest absolute Gasteiger partial charge is 0.372 e. The van der Waals surface area contributed by atoms with Crippen molar-refractivity contribution in [2.75, 3.05) is 19.7 Å². The lowest BCUT2D eigenvalue weighted by molar-refractivity contribution is -0.0702. The van der Waals surface area contributed by atoms with Crippen LogP contribution in [0.4, 0.5) is 4.39 Å². The van der Waals surface area contributed by atoms with Crippen molar-refractivity contribution in [3.05, 3.63) is 35.4 Å². The van der Waals surface area contributed by atoms with Crippen LogP contribution in [0.25, 0.3) is 0 Å². The standard InChI is InChI=1S/C16H24FNO/c1-15(2,3)12-6-5-7-13(10-12)16(4,17)14-11-18-8-9-19-14/h5-7,10,14,18H,8-9,11H2,1-4H3.